The lowest BCUT2D eigenvalue weighted by molar-refractivity contribution is -0.137. The molecule has 3 aromatic carbocycles. The van der Waals surface area contributed by atoms with Gasteiger partial charge in [0, 0.05) is 0 Å². The van der Waals surface area contributed by atoms with Gasteiger partial charge >= 0.3 is 18.1 Å². The van der Waals surface area contributed by atoms with Gasteiger partial charge in [-0.2, -0.15) is 13.2 Å². The number of sulfonamides is 1. The highest BCUT2D eigenvalue weighted by Gasteiger charge is 2.35. The highest BCUT2D eigenvalue weighted by Crippen LogP contribution is 2.38. The van der Waals surface area contributed by atoms with Crippen LogP contribution in [0.5, 0.6) is 0 Å². The number of carbonyl (C=O) groups excluding carboxylic acids is 3. The molecule has 14 heteroatoms. The van der Waals surface area contributed by atoms with Gasteiger partial charge < -0.3 is 14.8 Å². The normalized spacial score (nSPS) is 11.5. The quantitative estimate of drug-likeness (QED) is 0.359. The van der Waals surface area contributed by atoms with E-state index in [9.17, 15) is 36.0 Å². The number of ether oxygens (including phenoxy) is 2. The molecule has 212 valence electrons. The number of hydrogen-bond donors (Lipinski definition) is 1. The van der Waals surface area contributed by atoms with E-state index in [0.29, 0.717) is 10.4 Å². The third-order valence-electron chi connectivity index (χ3n) is 5.56. The maximum absolute atomic E-state index is 13.6. The molecular formula is C26H22ClF3N2O7S. The molecule has 0 saturated carbocycles. The fourth-order valence-electron chi connectivity index (χ4n) is 3.54. The summed E-state index contributed by atoms with van der Waals surface area (Å²) >= 11 is 5.71. The smallest absolute Gasteiger partial charge is 0.417 e. The number of halogens is 4. The summed E-state index contributed by atoms with van der Waals surface area (Å²) in [5.74, 6) is -2.73. The topological polar surface area (TPSA) is 119 Å². The molecule has 0 aliphatic carbocycles. The Hall–Kier alpha value is -4.10. The molecule has 0 saturated heterocycles. The summed E-state index contributed by atoms with van der Waals surface area (Å²) in [5.41, 5.74) is -1.54. The minimum atomic E-state index is -4.92. The fourth-order valence-corrected chi connectivity index (χ4v) is 5.18. The molecule has 0 aromatic heterocycles. The maximum Gasteiger partial charge on any atom is 0.417 e. The summed E-state index contributed by atoms with van der Waals surface area (Å²) in [7, 11) is -2.40. The molecule has 1 amide bonds. The molecule has 0 spiro atoms. The first kappa shape index (κ1) is 30.4. The number of anilines is 2. The molecule has 0 heterocycles. The van der Waals surface area contributed by atoms with Gasteiger partial charge in [0.1, 0.15) is 6.54 Å². The molecule has 1 N–H and O–H groups in total. The van der Waals surface area contributed by atoms with Gasteiger partial charge in [0.15, 0.2) is 0 Å². The van der Waals surface area contributed by atoms with Gasteiger partial charge in [-0.1, -0.05) is 29.3 Å². The number of nitrogens with one attached hydrogen (secondary N) is 1. The Kier molecular flexibility index (Phi) is 9.10. The zero-order valence-corrected chi connectivity index (χ0v) is 22.8. The Morgan fingerprint density at radius 3 is 2.12 bits per heavy atom. The van der Waals surface area contributed by atoms with Crippen LogP contribution in [0.1, 0.15) is 31.8 Å². The number of rotatable bonds is 8. The first-order chi connectivity index (χ1) is 18.7. The molecule has 0 radical (unpaired) electrons. The van der Waals surface area contributed by atoms with Crippen molar-refractivity contribution in [3.63, 3.8) is 0 Å². The third-order valence-corrected chi connectivity index (χ3v) is 7.68. The van der Waals surface area contributed by atoms with Crippen molar-refractivity contribution < 1.29 is 45.4 Å². The summed E-state index contributed by atoms with van der Waals surface area (Å²) in [5, 5.41) is 1.66. The van der Waals surface area contributed by atoms with Gasteiger partial charge in [0.05, 0.1) is 52.2 Å². The van der Waals surface area contributed by atoms with E-state index in [1.807, 2.05) is 0 Å². The van der Waals surface area contributed by atoms with Crippen molar-refractivity contribution in [2.24, 2.45) is 0 Å². The third kappa shape index (κ3) is 6.72. The lowest BCUT2D eigenvalue weighted by Gasteiger charge is -2.25. The van der Waals surface area contributed by atoms with E-state index in [0.717, 1.165) is 38.0 Å². The van der Waals surface area contributed by atoms with E-state index in [1.165, 1.54) is 36.4 Å². The second-order valence-corrected chi connectivity index (χ2v) is 10.5. The molecule has 0 aliphatic heterocycles. The second kappa shape index (κ2) is 12.0. The summed E-state index contributed by atoms with van der Waals surface area (Å²) in [6, 6.07) is 11.4. The highest BCUT2D eigenvalue weighted by atomic mass is 35.5. The first-order valence-electron chi connectivity index (χ1n) is 11.3. The van der Waals surface area contributed by atoms with E-state index >= 15 is 0 Å². The second-order valence-electron chi connectivity index (χ2n) is 8.28. The van der Waals surface area contributed by atoms with Crippen molar-refractivity contribution in [2.45, 2.75) is 18.0 Å². The van der Waals surface area contributed by atoms with E-state index in [2.05, 4.69) is 14.8 Å². The first-order valence-corrected chi connectivity index (χ1v) is 13.1. The Morgan fingerprint density at radius 2 is 1.55 bits per heavy atom. The van der Waals surface area contributed by atoms with Gasteiger partial charge in [-0.3, -0.25) is 9.10 Å². The van der Waals surface area contributed by atoms with Crippen LogP contribution in [0.4, 0.5) is 24.5 Å². The molecule has 3 rings (SSSR count). The van der Waals surface area contributed by atoms with E-state index < -0.39 is 56.9 Å². The van der Waals surface area contributed by atoms with Crippen molar-refractivity contribution in [3.8, 4) is 0 Å². The van der Waals surface area contributed by atoms with Gasteiger partial charge in [-0.05, 0) is 55.5 Å². The lowest BCUT2D eigenvalue weighted by Crippen LogP contribution is -2.38. The van der Waals surface area contributed by atoms with Crippen LogP contribution in [-0.2, 0) is 30.5 Å². The molecule has 0 fully saturated rings. The summed E-state index contributed by atoms with van der Waals surface area (Å²) in [6.45, 7) is 0.690. The van der Waals surface area contributed by atoms with E-state index in [1.54, 1.807) is 6.92 Å². The molecule has 0 unspecified atom stereocenters. The number of alkyl halides is 3. The van der Waals surface area contributed by atoms with Crippen LogP contribution in [0, 0.1) is 6.92 Å². The van der Waals surface area contributed by atoms with Crippen molar-refractivity contribution in [1.29, 1.82) is 0 Å². The van der Waals surface area contributed by atoms with Crippen molar-refractivity contribution in [2.75, 3.05) is 30.4 Å². The largest absolute Gasteiger partial charge is 0.465 e. The Balaban J connectivity index is 2.09. The van der Waals surface area contributed by atoms with Gasteiger partial charge in [0.2, 0.25) is 5.91 Å². The minimum Gasteiger partial charge on any atom is -0.465 e. The molecule has 0 atom stereocenters. The number of carbonyl (C=O) groups is 3. The van der Waals surface area contributed by atoms with Crippen molar-refractivity contribution in [3.05, 3.63) is 87.9 Å². The van der Waals surface area contributed by atoms with Crippen LogP contribution >= 0.6 is 11.6 Å². The Labute approximate surface area is 232 Å². The van der Waals surface area contributed by atoms with Crippen LogP contribution in [0.3, 0.4) is 0 Å². The van der Waals surface area contributed by atoms with Gasteiger partial charge in [-0.15, -0.1) is 0 Å². The van der Waals surface area contributed by atoms with Crippen LogP contribution < -0.4 is 9.62 Å². The molecule has 3 aromatic rings. The summed E-state index contributed by atoms with van der Waals surface area (Å²) in [6.07, 6.45) is -4.92. The van der Waals surface area contributed by atoms with E-state index in [4.69, 9.17) is 11.6 Å². The van der Waals surface area contributed by atoms with Crippen LogP contribution in [0.2, 0.25) is 5.02 Å². The van der Waals surface area contributed by atoms with Gasteiger partial charge in [-0.25, -0.2) is 18.0 Å². The SMILES string of the molecule is COC(=O)c1ccc(C(=O)OC)c(NC(=O)CN(c2ccc(Cl)c(C(F)(F)F)c2)S(=O)(=O)c2ccc(C)cc2)c1. The average molecular weight is 599 g/mol. The lowest BCUT2D eigenvalue weighted by atomic mass is 10.1. The standard InChI is InChI=1S/C26H22ClF3N2O7S/c1-15-4-8-18(9-5-15)40(36,37)32(17-7-11-21(27)20(13-17)26(28,29)30)14-23(33)31-22-12-16(24(34)38-2)6-10-19(22)25(35)39-3/h4-13H,14H2,1-3H3,(H,31,33). The molecule has 0 bridgehead atoms. The maximum atomic E-state index is 13.6. The average Bonchev–Trinajstić information content (AvgIpc) is 2.90. The number of methoxy groups -OCH3 is 2. The number of hydrogen-bond acceptors (Lipinski definition) is 7. The zero-order valence-electron chi connectivity index (χ0n) is 21.2. The summed E-state index contributed by atoms with van der Waals surface area (Å²) in [4.78, 5) is 37.1. The van der Waals surface area contributed by atoms with Crippen molar-refractivity contribution in [1.82, 2.24) is 0 Å². The van der Waals surface area contributed by atoms with Gasteiger partial charge in [0.25, 0.3) is 10.0 Å². The predicted molar refractivity (Wildman–Crippen MR) is 140 cm³/mol. The number of aryl methyl sites for hydroxylation is 1. The zero-order chi connectivity index (χ0) is 29.8. The summed E-state index contributed by atoms with van der Waals surface area (Å²) < 4.78 is 77.7. The number of esters is 2. The van der Waals surface area contributed by atoms with Crippen LogP contribution in [0.25, 0.3) is 0 Å². The fraction of sp³-hybridized carbons (Fsp3) is 0.192. The molecule has 9 nitrogen and oxygen atoms in total. The molecule has 0 aliphatic rings. The minimum absolute atomic E-state index is 0.0536. The van der Waals surface area contributed by atoms with E-state index in [-0.39, 0.29) is 21.7 Å². The number of nitrogens with zero attached hydrogens (tertiary/aromatic N) is 1. The number of amides is 1. The Bertz CT molecular complexity index is 1560. The highest BCUT2D eigenvalue weighted by molar-refractivity contribution is 7.92. The van der Waals surface area contributed by atoms with Crippen LogP contribution in [0.15, 0.2) is 65.6 Å². The Morgan fingerprint density at radius 1 is 0.925 bits per heavy atom. The van der Waals surface area contributed by atoms with Crippen molar-refractivity contribution >= 4 is 50.8 Å². The monoisotopic (exact) mass is 598 g/mol. The predicted octanol–water partition coefficient (Wildman–Crippen LogP) is 5.07. The molecular weight excluding hydrogens is 577 g/mol. The number of benzene rings is 3. The molecule has 40 heavy (non-hydrogen) atoms. The van der Waals surface area contributed by atoms with Crippen LogP contribution in [-0.4, -0.2) is 47.0 Å².